The van der Waals surface area contributed by atoms with E-state index in [1.165, 1.54) is 21.9 Å². The van der Waals surface area contributed by atoms with E-state index in [2.05, 4.69) is 34.7 Å². The van der Waals surface area contributed by atoms with Crippen LogP contribution < -0.4 is 10.9 Å². The van der Waals surface area contributed by atoms with E-state index in [0.29, 0.717) is 6.54 Å². The van der Waals surface area contributed by atoms with Crippen molar-refractivity contribution < 1.29 is 4.79 Å². The van der Waals surface area contributed by atoms with Gasteiger partial charge >= 0.3 is 0 Å². The number of rotatable bonds is 7. The quantitative estimate of drug-likeness (QED) is 0.651. The van der Waals surface area contributed by atoms with Gasteiger partial charge in [0, 0.05) is 23.9 Å². The normalized spacial score (nSPS) is 11.5. The number of benzene rings is 2. The maximum Gasteiger partial charge on any atom is 0.267 e. The van der Waals surface area contributed by atoms with Gasteiger partial charge in [-0.1, -0.05) is 81.4 Å². The fourth-order valence-corrected chi connectivity index (χ4v) is 3.41. The lowest BCUT2D eigenvalue weighted by Crippen LogP contribution is -2.35. The first kappa shape index (κ1) is 21.5. The van der Waals surface area contributed by atoms with Crippen LogP contribution >= 0.6 is 0 Å². The second-order valence-electron chi connectivity index (χ2n) is 8.48. The van der Waals surface area contributed by atoms with Crippen LogP contribution in [-0.2, 0) is 16.8 Å². The SMILES string of the molecule is CC(C)(C)c1ccc(=O)n(CC(=O)NCCC(c2ccccc2)c2ccccc2)n1. The van der Waals surface area contributed by atoms with E-state index >= 15 is 0 Å². The van der Waals surface area contributed by atoms with Crippen LogP contribution in [0.1, 0.15) is 49.9 Å². The molecular weight excluding hydrogens is 374 g/mol. The van der Waals surface area contributed by atoms with Gasteiger partial charge in [-0.2, -0.15) is 5.10 Å². The van der Waals surface area contributed by atoms with Crippen LogP contribution in [0, 0.1) is 0 Å². The highest BCUT2D eigenvalue weighted by Crippen LogP contribution is 2.27. The van der Waals surface area contributed by atoms with Gasteiger partial charge in [-0.3, -0.25) is 9.59 Å². The summed E-state index contributed by atoms with van der Waals surface area (Å²) in [6, 6.07) is 23.8. The van der Waals surface area contributed by atoms with E-state index in [1.54, 1.807) is 6.07 Å². The third-order valence-corrected chi connectivity index (χ3v) is 5.09. The molecule has 0 aliphatic heterocycles. The van der Waals surface area contributed by atoms with Crippen LogP contribution in [0.2, 0.25) is 0 Å². The van der Waals surface area contributed by atoms with Crippen molar-refractivity contribution in [3.63, 3.8) is 0 Å². The van der Waals surface area contributed by atoms with Crippen LogP contribution in [0.15, 0.2) is 77.6 Å². The smallest absolute Gasteiger partial charge is 0.267 e. The molecule has 0 bridgehead atoms. The Bertz CT molecular complexity index is 982. The molecule has 2 aromatic carbocycles. The van der Waals surface area contributed by atoms with Gasteiger partial charge in [0.25, 0.3) is 5.56 Å². The number of nitrogens with one attached hydrogen (secondary N) is 1. The summed E-state index contributed by atoms with van der Waals surface area (Å²) in [6.45, 7) is 6.51. The maximum atomic E-state index is 12.5. The fraction of sp³-hybridized carbons (Fsp3) is 0.320. The molecule has 0 spiro atoms. The summed E-state index contributed by atoms with van der Waals surface area (Å²) in [4.78, 5) is 24.6. The molecule has 0 saturated carbocycles. The largest absolute Gasteiger partial charge is 0.354 e. The molecule has 0 aliphatic carbocycles. The minimum atomic E-state index is -0.274. The minimum Gasteiger partial charge on any atom is -0.354 e. The van der Waals surface area contributed by atoms with E-state index in [0.717, 1.165) is 12.1 Å². The van der Waals surface area contributed by atoms with Gasteiger partial charge in [-0.05, 0) is 23.6 Å². The van der Waals surface area contributed by atoms with Gasteiger partial charge in [0.1, 0.15) is 6.54 Å². The molecule has 0 fully saturated rings. The first-order valence-corrected chi connectivity index (χ1v) is 10.3. The molecule has 0 atom stereocenters. The molecule has 3 aromatic rings. The first-order chi connectivity index (χ1) is 14.3. The van der Waals surface area contributed by atoms with Crippen molar-refractivity contribution in [1.29, 1.82) is 0 Å². The molecule has 0 saturated heterocycles. The predicted octanol–water partition coefficient (Wildman–Crippen LogP) is 3.88. The van der Waals surface area contributed by atoms with Gasteiger partial charge < -0.3 is 5.32 Å². The highest BCUT2D eigenvalue weighted by molar-refractivity contribution is 5.75. The number of nitrogens with zero attached hydrogens (tertiary/aromatic N) is 2. The van der Waals surface area contributed by atoms with Gasteiger partial charge in [0.05, 0.1) is 5.69 Å². The lowest BCUT2D eigenvalue weighted by atomic mass is 9.88. The molecule has 1 amide bonds. The zero-order valence-electron chi connectivity index (χ0n) is 17.8. The van der Waals surface area contributed by atoms with Crippen molar-refractivity contribution in [3.05, 3.63) is 100.0 Å². The lowest BCUT2D eigenvalue weighted by Gasteiger charge is -2.19. The van der Waals surface area contributed by atoms with Crippen LogP contribution in [0.4, 0.5) is 0 Å². The zero-order valence-corrected chi connectivity index (χ0v) is 17.8. The van der Waals surface area contributed by atoms with Crippen LogP contribution in [0.25, 0.3) is 0 Å². The van der Waals surface area contributed by atoms with Crippen LogP contribution in [0.5, 0.6) is 0 Å². The average molecular weight is 404 g/mol. The Balaban J connectivity index is 1.65. The molecule has 1 N–H and O–H groups in total. The number of carbonyl (C=O) groups is 1. The molecule has 0 unspecified atom stereocenters. The molecule has 0 radical (unpaired) electrons. The second kappa shape index (κ2) is 9.53. The van der Waals surface area contributed by atoms with Gasteiger partial charge in [0.2, 0.25) is 5.91 Å². The standard InChI is InChI=1S/C25H29N3O2/c1-25(2,3)22-14-15-24(30)28(27-22)18-23(29)26-17-16-21(19-10-6-4-7-11-19)20-12-8-5-9-13-20/h4-15,21H,16-18H2,1-3H3,(H,26,29). The van der Waals surface area contributed by atoms with Crippen molar-refractivity contribution in [2.24, 2.45) is 0 Å². The van der Waals surface area contributed by atoms with E-state index < -0.39 is 0 Å². The molecule has 30 heavy (non-hydrogen) atoms. The van der Waals surface area contributed by atoms with Crippen molar-refractivity contribution in [3.8, 4) is 0 Å². The Morgan fingerprint density at radius 1 is 0.933 bits per heavy atom. The maximum absolute atomic E-state index is 12.5. The topological polar surface area (TPSA) is 64.0 Å². The number of hydrogen-bond acceptors (Lipinski definition) is 3. The molecule has 156 valence electrons. The summed E-state index contributed by atoms with van der Waals surface area (Å²) in [5, 5.41) is 7.31. The molecule has 3 rings (SSSR count). The van der Waals surface area contributed by atoms with E-state index in [-0.39, 0.29) is 29.3 Å². The number of hydrogen-bond donors (Lipinski definition) is 1. The minimum absolute atomic E-state index is 0.0793. The summed E-state index contributed by atoms with van der Waals surface area (Å²) in [5.74, 6) is -0.0201. The summed E-state index contributed by atoms with van der Waals surface area (Å²) in [7, 11) is 0. The highest BCUT2D eigenvalue weighted by Gasteiger charge is 2.18. The highest BCUT2D eigenvalue weighted by atomic mass is 16.2. The van der Waals surface area contributed by atoms with E-state index in [9.17, 15) is 9.59 Å². The van der Waals surface area contributed by atoms with Crippen LogP contribution in [-0.4, -0.2) is 22.2 Å². The van der Waals surface area contributed by atoms with Crippen LogP contribution in [0.3, 0.4) is 0 Å². The number of carbonyl (C=O) groups excluding carboxylic acids is 1. The monoisotopic (exact) mass is 403 g/mol. The Morgan fingerprint density at radius 2 is 1.50 bits per heavy atom. The third-order valence-electron chi connectivity index (χ3n) is 5.09. The Kier molecular flexibility index (Phi) is 6.83. The van der Waals surface area contributed by atoms with Gasteiger partial charge in [-0.15, -0.1) is 0 Å². The molecular formula is C25H29N3O2. The third kappa shape index (κ3) is 5.66. The van der Waals surface area contributed by atoms with Crippen molar-refractivity contribution in [2.75, 3.05) is 6.54 Å². The van der Waals surface area contributed by atoms with Crippen molar-refractivity contribution in [2.45, 2.75) is 45.1 Å². The number of aromatic nitrogens is 2. The summed E-state index contributed by atoms with van der Waals surface area (Å²) in [5.41, 5.74) is 2.75. The van der Waals surface area contributed by atoms with Crippen molar-refractivity contribution >= 4 is 5.91 Å². The van der Waals surface area contributed by atoms with Gasteiger partial charge in [0.15, 0.2) is 0 Å². The summed E-state index contributed by atoms with van der Waals surface area (Å²) < 4.78 is 1.24. The fourth-order valence-electron chi connectivity index (χ4n) is 3.41. The molecule has 1 heterocycles. The number of amides is 1. The summed E-state index contributed by atoms with van der Waals surface area (Å²) >= 11 is 0. The Labute approximate surface area is 177 Å². The predicted molar refractivity (Wildman–Crippen MR) is 120 cm³/mol. The lowest BCUT2D eigenvalue weighted by molar-refractivity contribution is -0.121. The molecule has 1 aromatic heterocycles. The van der Waals surface area contributed by atoms with E-state index in [4.69, 9.17) is 0 Å². The van der Waals surface area contributed by atoms with E-state index in [1.807, 2.05) is 57.2 Å². The Hall–Kier alpha value is -3.21. The second-order valence-corrected chi connectivity index (χ2v) is 8.48. The summed E-state index contributed by atoms with van der Waals surface area (Å²) in [6.07, 6.45) is 0.768. The Morgan fingerprint density at radius 3 is 2.03 bits per heavy atom. The van der Waals surface area contributed by atoms with Gasteiger partial charge in [-0.25, -0.2) is 4.68 Å². The zero-order chi connectivity index (χ0) is 21.6. The molecule has 5 nitrogen and oxygen atoms in total. The molecule has 0 aliphatic rings. The first-order valence-electron chi connectivity index (χ1n) is 10.3. The molecule has 5 heteroatoms. The van der Waals surface area contributed by atoms with Crippen molar-refractivity contribution in [1.82, 2.24) is 15.1 Å². The average Bonchev–Trinajstić information content (AvgIpc) is 2.73.